The molecule has 0 unspecified atom stereocenters. The Kier molecular flexibility index (Phi) is 5.19. The molecular formula is C24H18N2O6. The zero-order valence-electron chi connectivity index (χ0n) is 17.2. The number of nitrogens with one attached hydrogen (secondary N) is 1. The van der Waals surface area contributed by atoms with E-state index in [0.717, 1.165) is 16.0 Å². The second-order valence-corrected chi connectivity index (χ2v) is 7.39. The molecule has 1 aliphatic heterocycles. The monoisotopic (exact) mass is 430 g/mol. The molecule has 8 nitrogen and oxygen atoms in total. The van der Waals surface area contributed by atoms with Crippen LogP contribution in [0.25, 0.3) is 17.4 Å². The van der Waals surface area contributed by atoms with Crippen LogP contribution in [0.4, 0.5) is 10.5 Å². The van der Waals surface area contributed by atoms with Crippen LogP contribution in [0.1, 0.15) is 27.2 Å². The number of imide groups is 2. The van der Waals surface area contributed by atoms with E-state index < -0.39 is 23.8 Å². The number of hydrogen-bond acceptors (Lipinski definition) is 5. The number of nitrogens with zero attached hydrogens (tertiary/aromatic N) is 1. The lowest BCUT2D eigenvalue weighted by Crippen LogP contribution is -2.54. The maximum absolute atomic E-state index is 13.0. The lowest BCUT2D eigenvalue weighted by molar-refractivity contribution is -0.122. The molecule has 2 heterocycles. The molecule has 3 aromatic rings. The van der Waals surface area contributed by atoms with Gasteiger partial charge in [0.1, 0.15) is 17.1 Å². The summed E-state index contributed by atoms with van der Waals surface area (Å²) >= 11 is 0. The molecule has 2 aromatic carbocycles. The number of barbiturate groups is 1. The Morgan fingerprint density at radius 1 is 0.969 bits per heavy atom. The van der Waals surface area contributed by atoms with Gasteiger partial charge in [0.2, 0.25) is 0 Å². The Hall–Kier alpha value is -4.46. The summed E-state index contributed by atoms with van der Waals surface area (Å²) in [5.41, 5.74) is 2.63. The van der Waals surface area contributed by atoms with Crippen LogP contribution in [0, 0.1) is 13.8 Å². The Labute approximate surface area is 182 Å². The zero-order valence-corrected chi connectivity index (χ0v) is 17.2. The van der Waals surface area contributed by atoms with E-state index in [0.29, 0.717) is 17.0 Å². The number of aryl methyl sites for hydroxylation is 2. The molecule has 0 spiro atoms. The number of urea groups is 1. The summed E-state index contributed by atoms with van der Waals surface area (Å²) in [6, 6.07) is 13.8. The molecule has 0 radical (unpaired) electrons. The number of benzene rings is 2. The summed E-state index contributed by atoms with van der Waals surface area (Å²) in [5.74, 6) is -1.95. The van der Waals surface area contributed by atoms with E-state index in [1.165, 1.54) is 18.2 Å². The lowest BCUT2D eigenvalue weighted by atomic mass is 10.1. The molecule has 0 aliphatic carbocycles. The van der Waals surface area contributed by atoms with Crippen molar-refractivity contribution in [3.05, 3.63) is 82.6 Å². The molecule has 32 heavy (non-hydrogen) atoms. The van der Waals surface area contributed by atoms with Crippen molar-refractivity contribution < 1.29 is 28.7 Å². The van der Waals surface area contributed by atoms with Gasteiger partial charge in [0.25, 0.3) is 11.8 Å². The minimum absolute atomic E-state index is 0.142. The van der Waals surface area contributed by atoms with Crippen molar-refractivity contribution in [1.29, 1.82) is 0 Å². The Morgan fingerprint density at radius 3 is 2.25 bits per heavy atom. The van der Waals surface area contributed by atoms with Gasteiger partial charge in [-0.05, 0) is 67.4 Å². The van der Waals surface area contributed by atoms with Crippen LogP contribution in [0.3, 0.4) is 0 Å². The smallest absolute Gasteiger partial charge is 0.335 e. The fraction of sp³-hybridized carbons (Fsp3) is 0.0833. The van der Waals surface area contributed by atoms with Crippen LogP contribution in [-0.2, 0) is 9.59 Å². The Morgan fingerprint density at radius 2 is 1.62 bits per heavy atom. The molecule has 1 aliphatic rings. The molecule has 1 aromatic heterocycles. The first-order chi connectivity index (χ1) is 15.2. The summed E-state index contributed by atoms with van der Waals surface area (Å²) in [6.07, 6.45) is 1.27. The number of aromatic carboxylic acids is 1. The van der Waals surface area contributed by atoms with Gasteiger partial charge in [-0.1, -0.05) is 18.2 Å². The van der Waals surface area contributed by atoms with Crippen molar-refractivity contribution in [1.82, 2.24) is 5.32 Å². The van der Waals surface area contributed by atoms with E-state index in [1.54, 1.807) is 36.4 Å². The number of carboxylic acid groups (broad SMARTS) is 1. The van der Waals surface area contributed by atoms with Crippen LogP contribution in [0.15, 0.2) is 64.6 Å². The van der Waals surface area contributed by atoms with Gasteiger partial charge in [0, 0.05) is 5.56 Å². The average Bonchev–Trinajstić information content (AvgIpc) is 3.19. The molecule has 0 bridgehead atoms. The number of hydrogen-bond donors (Lipinski definition) is 2. The third-order valence-electron chi connectivity index (χ3n) is 4.90. The summed E-state index contributed by atoms with van der Waals surface area (Å²) in [7, 11) is 0. The quantitative estimate of drug-likeness (QED) is 0.479. The minimum Gasteiger partial charge on any atom is -0.478 e. The molecule has 2 N–H and O–H groups in total. The fourth-order valence-corrected chi connectivity index (χ4v) is 3.48. The first-order valence-corrected chi connectivity index (χ1v) is 9.66. The SMILES string of the molecule is Cc1cc(C)cc(N2C(=O)NC(=O)/C(=C/c3ccc(-c4ccc(C(=O)O)cc4)o3)C2=O)c1. The summed E-state index contributed by atoms with van der Waals surface area (Å²) in [6.45, 7) is 3.69. The van der Waals surface area contributed by atoms with Crippen molar-refractivity contribution in [2.45, 2.75) is 13.8 Å². The van der Waals surface area contributed by atoms with Crippen molar-refractivity contribution in [3.63, 3.8) is 0 Å². The molecule has 4 amide bonds. The number of carbonyl (C=O) groups excluding carboxylic acids is 3. The van der Waals surface area contributed by atoms with Crippen LogP contribution < -0.4 is 10.2 Å². The first kappa shape index (κ1) is 20.8. The van der Waals surface area contributed by atoms with Crippen LogP contribution in [0.2, 0.25) is 0 Å². The molecular weight excluding hydrogens is 412 g/mol. The fourth-order valence-electron chi connectivity index (χ4n) is 3.48. The van der Waals surface area contributed by atoms with Gasteiger partial charge in [-0.2, -0.15) is 0 Å². The number of anilines is 1. The second kappa shape index (κ2) is 7.99. The number of carbonyl (C=O) groups is 4. The van der Waals surface area contributed by atoms with Gasteiger partial charge in [-0.25, -0.2) is 14.5 Å². The van der Waals surface area contributed by atoms with Gasteiger partial charge in [0.05, 0.1) is 11.3 Å². The Balaban J connectivity index is 1.66. The van der Waals surface area contributed by atoms with Crippen LogP contribution in [0.5, 0.6) is 0 Å². The van der Waals surface area contributed by atoms with Crippen LogP contribution >= 0.6 is 0 Å². The number of carboxylic acids is 1. The highest BCUT2D eigenvalue weighted by molar-refractivity contribution is 6.39. The molecule has 0 saturated carbocycles. The molecule has 1 saturated heterocycles. The first-order valence-electron chi connectivity index (χ1n) is 9.66. The molecule has 1 fully saturated rings. The lowest BCUT2D eigenvalue weighted by Gasteiger charge is -2.26. The molecule has 8 heteroatoms. The summed E-state index contributed by atoms with van der Waals surface area (Å²) in [4.78, 5) is 49.7. The van der Waals surface area contributed by atoms with E-state index in [4.69, 9.17) is 9.52 Å². The van der Waals surface area contributed by atoms with E-state index in [-0.39, 0.29) is 16.9 Å². The Bertz CT molecular complexity index is 1280. The maximum Gasteiger partial charge on any atom is 0.335 e. The van der Waals surface area contributed by atoms with Gasteiger partial charge >= 0.3 is 12.0 Å². The van der Waals surface area contributed by atoms with Gasteiger partial charge in [0.15, 0.2) is 0 Å². The van der Waals surface area contributed by atoms with E-state index in [9.17, 15) is 19.2 Å². The van der Waals surface area contributed by atoms with E-state index in [1.807, 2.05) is 19.9 Å². The normalized spacial score (nSPS) is 15.2. The highest BCUT2D eigenvalue weighted by atomic mass is 16.4. The van der Waals surface area contributed by atoms with Crippen molar-refractivity contribution in [2.24, 2.45) is 0 Å². The number of rotatable bonds is 4. The number of furan rings is 1. The van der Waals surface area contributed by atoms with Gasteiger partial charge in [-0.3, -0.25) is 14.9 Å². The predicted molar refractivity (Wildman–Crippen MR) is 116 cm³/mol. The predicted octanol–water partition coefficient (Wildman–Crippen LogP) is 3.93. The van der Waals surface area contributed by atoms with Crippen molar-refractivity contribution in [2.75, 3.05) is 4.90 Å². The zero-order chi connectivity index (χ0) is 23.0. The van der Waals surface area contributed by atoms with E-state index >= 15 is 0 Å². The maximum atomic E-state index is 13.0. The highest BCUT2D eigenvalue weighted by Crippen LogP contribution is 2.27. The topological polar surface area (TPSA) is 117 Å². The summed E-state index contributed by atoms with van der Waals surface area (Å²) in [5, 5.41) is 11.2. The third-order valence-corrected chi connectivity index (χ3v) is 4.90. The van der Waals surface area contributed by atoms with Crippen LogP contribution in [-0.4, -0.2) is 28.9 Å². The van der Waals surface area contributed by atoms with E-state index in [2.05, 4.69) is 5.32 Å². The average molecular weight is 430 g/mol. The molecule has 4 rings (SSSR count). The van der Waals surface area contributed by atoms with Crippen molar-refractivity contribution in [3.8, 4) is 11.3 Å². The highest BCUT2D eigenvalue weighted by Gasteiger charge is 2.37. The minimum atomic E-state index is -1.04. The largest absolute Gasteiger partial charge is 0.478 e. The molecule has 160 valence electrons. The second-order valence-electron chi connectivity index (χ2n) is 7.39. The van der Waals surface area contributed by atoms with Gasteiger partial charge < -0.3 is 9.52 Å². The standard InChI is InChI=1S/C24H18N2O6/c1-13-9-14(2)11-17(10-13)26-22(28)19(21(27)25-24(26)31)12-18-7-8-20(32-18)15-3-5-16(6-4-15)23(29)30/h3-12H,1-2H3,(H,29,30)(H,25,27,31)/b19-12-. The van der Waals surface area contributed by atoms with Crippen molar-refractivity contribution >= 4 is 35.6 Å². The van der Waals surface area contributed by atoms with Gasteiger partial charge in [-0.15, -0.1) is 0 Å². The molecule has 0 atom stereocenters. The summed E-state index contributed by atoms with van der Waals surface area (Å²) < 4.78 is 5.72. The number of amides is 4. The third kappa shape index (κ3) is 3.93.